The second kappa shape index (κ2) is 8.91. The molecule has 2 aromatic rings. The Bertz CT molecular complexity index is 709. The number of aromatic nitrogens is 1. The molecular weight excluding hydrogens is 335 g/mol. The van der Waals surface area contributed by atoms with Gasteiger partial charge in [-0.05, 0) is 24.1 Å². The van der Waals surface area contributed by atoms with Crippen LogP contribution in [-0.4, -0.2) is 53.4 Å². The van der Waals surface area contributed by atoms with Gasteiger partial charge >= 0.3 is 0 Å². The maximum atomic E-state index is 13.0. The average Bonchev–Trinajstić information content (AvgIpc) is 3.12. The summed E-state index contributed by atoms with van der Waals surface area (Å²) in [5.74, 6) is 0.178. The molecule has 1 aromatic heterocycles. The lowest BCUT2D eigenvalue weighted by atomic mass is 10.2. The van der Waals surface area contributed by atoms with Gasteiger partial charge < -0.3 is 9.73 Å². The maximum absolute atomic E-state index is 13.0. The number of benzene rings is 1. The van der Waals surface area contributed by atoms with Gasteiger partial charge in [-0.15, -0.1) is 0 Å². The Morgan fingerprint density at radius 3 is 2.46 bits per heavy atom. The largest absolute Gasteiger partial charge is 0.447 e. The minimum absolute atomic E-state index is 0.189. The van der Waals surface area contributed by atoms with E-state index in [9.17, 15) is 9.18 Å². The van der Waals surface area contributed by atoms with Crippen molar-refractivity contribution in [2.24, 2.45) is 0 Å². The van der Waals surface area contributed by atoms with E-state index < -0.39 is 0 Å². The Morgan fingerprint density at radius 1 is 1.15 bits per heavy atom. The molecule has 1 aliphatic heterocycles. The molecule has 0 spiro atoms. The molecule has 0 saturated carbocycles. The fourth-order valence-corrected chi connectivity index (χ4v) is 2.96. The number of nitrogens with zero attached hydrogens (tertiary/aromatic N) is 3. The minimum atomic E-state index is -0.202. The maximum Gasteiger partial charge on any atom is 0.273 e. The quantitative estimate of drug-likeness (QED) is 0.821. The first-order valence-corrected chi connectivity index (χ1v) is 9.06. The SMILES string of the molecule is CCCNC(=O)c1coc(CN2CCN(Cc3ccc(F)cc3)CC2)n1. The van der Waals surface area contributed by atoms with Crippen molar-refractivity contribution in [3.05, 3.63) is 53.5 Å². The van der Waals surface area contributed by atoms with E-state index in [0.29, 0.717) is 24.7 Å². The molecule has 3 rings (SSSR count). The highest BCUT2D eigenvalue weighted by molar-refractivity contribution is 5.91. The molecule has 1 N–H and O–H groups in total. The predicted molar refractivity (Wildman–Crippen MR) is 96.1 cm³/mol. The number of hydrogen-bond acceptors (Lipinski definition) is 5. The Morgan fingerprint density at radius 2 is 1.81 bits per heavy atom. The van der Waals surface area contributed by atoms with E-state index in [1.807, 2.05) is 19.1 Å². The van der Waals surface area contributed by atoms with Crippen molar-refractivity contribution < 1.29 is 13.6 Å². The zero-order chi connectivity index (χ0) is 18.4. The molecule has 0 bridgehead atoms. The number of hydrogen-bond donors (Lipinski definition) is 1. The van der Waals surface area contributed by atoms with Gasteiger partial charge in [-0.3, -0.25) is 14.6 Å². The van der Waals surface area contributed by atoms with Crippen LogP contribution in [0.4, 0.5) is 4.39 Å². The molecule has 2 heterocycles. The van der Waals surface area contributed by atoms with Crippen LogP contribution >= 0.6 is 0 Å². The zero-order valence-corrected chi connectivity index (χ0v) is 15.1. The van der Waals surface area contributed by atoms with Crippen molar-refractivity contribution >= 4 is 5.91 Å². The summed E-state index contributed by atoms with van der Waals surface area (Å²) in [7, 11) is 0. The minimum Gasteiger partial charge on any atom is -0.447 e. The number of oxazole rings is 1. The molecule has 0 aliphatic carbocycles. The van der Waals surface area contributed by atoms with Crippen molar-refractivity contribution in [1.82, 2.24) is 20.1 Å². The summed E-state index contributed by atoms with van der Waals surface area (Å²) in [5.41, 5.74) is 1.46. The molecule has 6 nitrogen and oxygen atoms in total. The number of rotatable bonds is 7. The number of halogens is 1. The zero-order valence-electron chi connectivity index (χ0n) is 15.1. The summed E-state index contributed by atoms with van der Waals surface area (Å²) in [6, 6.07) is 6.67. The highest BCUT2D eigenvalue weighted by atomic mass is 19.1. The molecule has 1 fully saturated rings. The molecule has 1 saturated heterocycles. The number of carbonyl (C=O) groups excluding carboxylic acids is 1. The summed E-state index contributed by atoms with van der Waals surface area (Å²) in [5, 5.41) is 2.79. The first-order chi connectivity index (χ1) is 12.6. The number of carbonyl (C=O) groups is 1. The molecule has 140 valence electrons. The van der Waals surface area contributed by atoms with E-state index in [-0.39, 0.29) is 11.7 Å². The third-order valence-electron chi connectivity index (χ3n) is 4.46. The summed E-state index contributed by atoms with van der Waals surface area (Å²) in [6.07, 6.45) is 2.31. The van der Waals surface area contributed by atoms with Gasteiger partial charge in [-0.1, -0.05) is 19.1 Å². The van der Waals surface area contributed by atoms with Gasteiger partial charge in [-0.2, -0.15) is 0 Å². The number of nitrogens with one attached hydrogen (secondary N) is 1. The van der Waals surface area contributed by atoms with Gasteiger partial charge in [0.1, 0.15) is 12.1 Å². The van der Waals surface area contributed by atoms with E-state index in [4.69, 9.17) is 4.42 Å². The summed E-state index contributed by atoms with van der Waals surface area (Å²) in [6.45, 7) is 7.74. The first-order valence-electron chi connectivity index (χ1n) is 9.06. The van der Waals surface area contributed by atoms with E-state index in [1.165, 1.54) is 18.4 Å². The van der Waals surface area contributed by atoms with Gasteiger partial charge in [0.2, 0.25) is 5.89 Å². The van der Waals surface area contributed by atoms with Crippen molar-refractivity contribution in [2.75, 3.05) is 32.7 Å². The molecule has 7 heteroatoms. The molecular formula is C19H25FN4O2. The van der Waals surface area contributed by atoms with Gasteiger partial charge in [0.25, 0.3) is 5.91 Å². The van der Waals surface area contributed by atoms with E-state index in [2.05, 4.69) is 20.1 Å². The average molecular weight is 360 g/mol. The van der Waals surface area contributed by atoms with Gasteiger partial charge in [-0.25, -0.2) is 9.37 Å². The van der Waals surface area contributed by atoms with Crippen molar-refractivity contribution in [3.8, 4) is 0 Å². The third-order valence-corrected chi connectivity index (χ3v) is 4.46. The van der Waals surface area contributed by atoms with E-state index in [0.717, 1.165) is 44.7 Å². The third kappa shape index (κ3) is 5.12. The van der Waals surface area contributed by atoms with Crippen LogP contribution in [-0.2, 0) is 13.1 Å². The van der Waals surface area contributed by atoms with E-state index >= 15 is 0 Å². The Kier molecular flexibility index (Phi) is 6.35. The van der Waals surface area contributed by atoms with Crippen LogP contribution in [0.2, 0.25) is 0 Å². The lowest BCUT2D eigenvalue weighted by Gasteiger charge is -2.34. The van der Waals surface area contributed by atoms with Crippen LogP contribution in [0.25, 0.3) is 0 Å². The summed E-state index contributed by atoms with van der Waals surface area (Å²) >= 11 is 0. The molecule has 1 amide bonds. The molecule has 0 radical (unpaired) electrons. The van der Waals surface area contributed by atoms with Gasteiger partial charge in [0, 0.05) is 39.3 Å². The van der Waals surface area contributed by atoms with Crippen molar-refractivity contribution in [3.63, 3.8) is 0 Å². The van der Waals surface area contributed by atoms with Crippen LogP contribution in [0.3, 0.4) is 0 Å². The predicted octanol–water partition coefficient (Wildman–Crippen LogP) is 2.27. The van der Waals surface area contributed by atoms with Crippen LogP contribution in [0.15, 0.2) is 34.9 Å². The Hall–Kier alpha value is -2.25. The molecule has 1 aromatic carbocycles. The second-order valence-corrected chi connectivity index (χ2v) is 6.56. The fraction of sp³-hybridized carbons (Fsp3) is 0.474. The Labute approximate surface area is 153 Å². The summed E-state index contributed by atoms with van der Waals surface area (Å²) in [4.78, 5) is 20.8. The van der Waals surface area contributed by atoms with Crippen molar-refractivity contribution in [1.29, 1.82) is 0 Å². The number of amides is 1. The van der Waals surface area contributed by atoms with Crippen LogP contribution < -0.4 is 5.32 Å². The lowest BCUT2D eigenvalue weighted by Crippen LogP contribution is -2.45. The van der Waals surface area contributed by atoms with Crippen LogP contribution in [0.1, 0.15) is 35.3 Å². The smallest absolute Gasteiger partial charge is 0.273 e. The standard InChI is InChI=1S/C19H25FN4O2/c1-2-7-21-19(25)17-14-26-18(22-17)13-24-10-8-23(9-11-24)12-15-3-5-16(20)6-4-15/h3-6,14H,2,7-13H2,1H3,(H,21,25). The normalized spacial score (nSPS) is 15.9. The molecule has 0 atom stereocenters. The number of piperazine rings is 1. The second-order valence-electron chi connectivity index (χ2n) is 6.56. The first kappa shape index (κ1) is 18.5. The topological polar surface area (TPSA) is 61.6 Å². The fourth-order valence-electron chi connectivity index (χ4n) is 2.96. The highest BCUT2D eigenvalue weighted by Gasteiger charge is 2.19. The van der Waals surface area contributed by atoms with E-state index in [1.54, 1.807) is 0 Å². The molecule has 0 unspecified atom stereocenters. The highest BCUT2D eigenvalue weighted by Crippen LogP contribution is 2.12. The lowest BCUT2D eigenvalue weighted by molar-refractivity contribution is 0.0948. The van der Waals surface area contributed by atoms with Gasteiger partial charge in [0.15, 0.2) is 5.69 Å². The van der Waals surface area contributed by atoms with Crippen LogP contribution in [0.5, 0.6) is 0 Å². The van der Waals surface area contributed by atoms with Gasteiger partial charge in [0.05, 0.1) is 6.54 Å². The molecule has 1 aliphatic rings. The summed E-state index contributed by atoms with van der Waals surface area (Å²) < 4.78 is 18.4. The van der Waals surface area contributed by atoms with Crippen molar-refractivity contribution in [2.45, 2.75) is 26.4 Å². The Balaban J connectivity index is 1.44. The van der Waals surface area contributed by atoms with Crippen LogP contribution in [0, 0.1) is 5.82 Å². The monoisotopic (exact) mass is 360 g/mol. The molecule has 26 heavy (non-hydrogen) atoms.